The Morgan fingerprint density at radius 1 is 1.00 bits per heavy atom. The fourth-order valence-corrected chi connectivity index (χ4v) is 0. The third kappa shape index (κ3) is 8.87. The molecule has 3 heteroatoms. The molecular formula is CHfMoW. The summed E-state index contributed by atoms with van der Waals surface area (Å²) in [5.41, 5.74) is 0. The first-order chi connectivity index (χ1) is 0. The van der Waals surface area contributed by atoms with Crippen LogP contribution in [0.1, 0.15) is 0 Å². The molecule has 0 amide bonds. The first kappa shape index (κ1) is 34.1. The Hall–Kier alpha value is 2.25. The van der Waals surface area contributed by atoms with Crippen LogP contribution in [0, 0.1) is 7.43 Å². The fourth-order valence-electron chi connectivity index (χ4n) is 0. The Kier molecular flexibility index (Phi) is 160. The third-order valence-corrected chi connectivity index (χ3v) is 0. The summed E-state index contributed by atoms with van der Waals surface area (Å²) in [6.45, 7) is 0. The van der Waals surface area contributed by atoms with Crippen molar-refractivity contribution in [2.45, 2.75) is 0 Å². The zero-order chi connectivity index (χ0) is 0. The summed E-state index contributed by atoms with van der Waals surface area (Å²) in [4.78, 5) is 0. The van der Waals surface area contributed by atoms with Gasteiger partial charge in [0.15, 0.2) is 0 Å². The van der Waals surface area contributed by atoms with Crippen LogP contribution in [0.2, 0.25) is 0 Å². The second-order valence-corrected chi connectivity index (χ2v) is 0. The van der Waals surface area contributed by atoms with Gasteiger partial charge in [0, 0.05) is 75.4 Å². The van der Waals surface area contributed by atoms with Crippen LogP contribution >= 0.6 is 0 Å². The van der Waals surface area contributed by atoms with Crippen molar-refractivity contribution in [3.8, 4) is 0 Å². The van der Waals surface area contributed by atoms with Gasteiger partial charge in [-0.25, -0.2) is 0 Å². The second kappa shape index (κ2) is 18.7. The Morgan fingerprint density at radius 2 is 1.00 bits per heavy atom. The Labute approximate surface area is 74.4 Å². The van der Waals surface area contributed by atoms with Crippen molar-refractivity contribution in [2.24, 2.45) is 0 Å². The van der Waals surface area contributed by atoms with Gasteiger partial charge in [-0.15, -0.1) is 0 Å². The average molecular weight is 470 g/mol. The van der Waals surface area contributed by atoms with Crippen LogP contribution in [0.25, 0.3) is 0 Å². The molecule has 0 unspecified atom stereocenters. The van der Waals surface area contributed by atoms with E-state index in [1.807, 2.05) is 0 Å². The summed E-state index contributed by atoms with van der Waals surface area (Å²) < 4.78 is 0. The number of rotatable bonds is 0. The molecule has 0 aliphatic heterocycles. The van der Waals surface area contributed by atoms with Gasteiger partial charge in [0.25, 0.3) is 0 Å². The van der Waals surface area contributed by atoms with Crippen LogP contribution in [0.15, 0.2) is 0 Å². The molecule has 0 aliphatic rings. The van der Waals surface area contributed by atoms with Crippen molar-refractivity contribution in [1.82, 2.24) is 0 Å². The van der Waals surface area contributed by atoms with Crippen molar-refractivity contribution >= 4 is 0 Å². The molecule has 0 aromatic heterocycles. The van der Waals surface area contributed by atoms with Crippen molar-refractivity contribution in [2.75, 3.05) is 0 Å². The molecule has 0 fully saturated rings. The second-order valence-electron chi connectivity index (χ2n) is 0. The van der Waals surface area contributed by atoms with Gasteiger partial charge in [0.2, 0.25) is 0 Å². The zero-order valence-electron chi connectivity index (χ0n) is 1.82. The maximum Gasteiger partial charge on any atom is 0 e. The van der Waals surface area contributed by atoms with Crippen molar-refractivity contribution in [1.29, 1.82) is 0 Å². The third-order valence-electron chi connectivity index (χ3n) is 0. The van der Waals surface area contributed by atoms with Gasteiger partial charge in [0.05, 0.1) is 0 Å². The fraction of sp³-hybridized carbons (Fsp3) is 0. The first-order valence-corrected chi connectivity index (χ1v) is 0. The average Bonchev–Trinajstić information content (AvgIpc) is 0. The molecule has 0 aliphatic carbocycles. The van der Waals surface area contributed by atoms with Gasteiger partial charge >= 0.3 is 0 Å². The summed E-state index contributed by atoms with van der Waals surface area (Å²) in [5.74, 6) is 0. The van der Waals surface area contributed by atoms with E-state index in [2.05, 4.69) is 0 Å². The minimum Gasteiger partial charge on any atom is 0 e. The van der Waals surface area contributed by atoms with E-state index in [0.29, 0.717) is 0 Å². The standard InChI is InChI=1S/C.Hf.Mo.W. The van der Waals surface area contributed by atoms with Gasteiger partial charge in [-0.1, -0.05) is 0 Å². The molecule has 4 radical (unpaired) electrons. The summed E-state index contributed by atoms with van der Waals surface area (Å²) in [5, 5.41) is 0. The molecule has 0 saturated carbocycles. The van der Waals surface area contributed by atoms with Crippen molar-refractivity contribution < 1.29 is 68.0 Å². The summed E-state index contributed by atoms with van der Waals surface area (Å²) in [6.07, 6.45) is 0. The SMILES string of the molecule is [C].[Hf].[Mo].[W]. The van der Waals surface area contributed by atoms with Crippen LogP contribution in [0.5, 0.6) is 0 Å². The molecule has 0 saturated heterocycles. The van der Waals surface area contributed by atoms with Crippen molar-refractivity contribution in [3.63, 3.8) is 0 Å². The molecule has 0 aromatic rings. The molecule has 4 heavy (non-hydrogen) atoms. The largest absolute Gasteiger partial charge is 0 e. The van der Waals surface area contributed by atoms with E-state index in [9.17, 15) is 0 Å². The van der Waals surface area contributed by atoms with Crippen LogP contribution in [0.4, 0.5) is 0 Å². The summed E-state index contributed by atoms with van der Waals surface area (Å²) >= 11 is 0. The Balaban J connectivity index is 0. The molecule has 0 spiro atoms. The zero-order valence-corrected chi connectivity index (χ0v) is 10.3. The molecule has 0 atom stereocenters. The molecule has 0 bridgehead atoms. The van der Waals surface area contributed by atoms with E-state index < -0.39 is 0 Å². The van der Waals surface area contributed by atoms with Crippen LogP contribution in [-0.4, -0.2) is 0 Å². The molecule has 20 valence electrons. The van der Waals surface area contributed by atoms with Gasteiger partial charge in [-0.05, 0) is 0 Å². The molecule has 0 rings (SSSR count). The van der Waals surface area contributed by atoms with Crippen LogP contribution in [-0.2, 0) is 68.0 Å². The number of hydrogen-bond acceptors (Lipinski definition) is 0. The maximum absolute atomic E-state index is 0. The van der Waals surface area contributed by atoms with Crippen molar-refractivity contribution in [3.05, 3.63) is 7.43 Å². The van der Waals surface area contributed by atoms with Crippen LogP contribution in [0.3, 0.4) is 0 Å². The van der Waals surface area contributed by atoms with E-state index >= 15 is 0 Å². The van der Waals surface area contributed by atoms with Gasteiger partial charge in [-0.3, -0.25) is 0 Å². The maximum atomic E-state index is 0. The normalized spacial score (nSPS) is 0. The van der Waals surface area contributed by atoms with Gasteiger partial charge in [0.1, 0.15) is 0 Å². The van der Waals surface area contributed by atoms with Crippen LogP contribution < -0.4 is 0 Å². The molecular weight excluding hydrogens is 470 g/mol. The molecule has 0 nitrogen and oxygen atoms in total. The Bertz CT molecular complexity index is 8.00. The first-order valence-electron chi connectivity index (χ1n) is 0. The molecule has 0 heterocycles. The summed E-state index contributed by atoms with van der Waals surface area (Å²) in [7, 11) is 0. The molecule has 0 N–H and O–H groups in total. The van der Waals surface area contributed by atoms with E-state index in [1.54, 1.807) is 0 Å². The Morgan fingerprint density at radius 3 is 1.00 bits per heavy atom. The van der Waals surface area contributed by atoms with E-state index in [-0.39, 0.29) is 75.4 Å². The minimum atomic E-state index is 0. The topological polar surface area (TPSA) is 0 Å². The predicted octanol–water partition coefficient (Wildman–Crippen LogP) is 0.0738. The summed E-state index contributed by atoms with van der Waals surface area (Å²) in [6, 6.07) is 0. The van der Waals surface area contributed by atoms with E-state index in [4.69, 9.17) is 0 Å². The number of hydrogen-bond donors (Lipinski definition) is 0. The van der Waals surface area contributed by atoms with Gasteiger partial charge in [-0.2, -0.15) is 0 Å². The van der Waals surface area contributed by atoms with Gasteiger partial charge < -0.3 is 0 Å². The predicted molar refractivity (Wildman–Crippen MR) is 3.24 cm³/mol. The molecule has 0 aromatic carbocycles. The smallest absolute Gasteiger partial charge is 0 e. The monoisotopic (exact) mass is 474 g/mol. The van der Waals surface area contributed by atoms with E-state index in [1.165, 1.54) is 0 Å². The van der Waals surface area contributed by atoms with E-state index in [0.717, 1.165) is 0 Å². The minimum absolute atomic E-state index is 0. The quantitative estimate of drug-likeness (QED) is 0.440.